The summed E-state index contributed by atoms with van der Waals surface area (Å²) in [6.45, 7) is 0.00874. The zero-order chi connectivity index (χ0) is 12.3. The molecule has 0 aromatic heterocycles. The van der Waals surface area contributed by atoms with Crippen LogP contribution in [0.3, 0.4) is 0 Å². The quantitative estimate of drug-likeness (QED) is 0.864. The van der Waals surface area contributed by atoms with Crippen LogP contribution < -0.4 is 0 Å². The molecular weight excluding hydrogens is 222 g/mol. The van der Waals surface area contributed by atoms with Crippen LogP contribution in [0.25, 0.3) is 11.1 Å². The minimum atomic E-state index is -0.598. The first kappa shape index (κ1) is 11.7. The van der Waals surface area contributed by atoms with Gasteiger partial charge in [0.05, 0.1) is 0 Å². The zero-order valence-corrected chi connectivity index (χ0v) is 9.16. The molecular formula is C14H12F2O. The van der Waals surface area contributed by atoms with Crippen molar-refractivity contribution in [1.82, 2.24) is 0 Å². The van der Waals surface area contributed by atoms with Gasteiger partial charge in [-0.25, -0.2) is 8.78 Å². The Balaban J connectivity index is 2.51. The van der Waals surface area contributed by atoms with Crippen molar-refractivity contribution in [2.75, 3.05) is 6.61 Å². The van der Waals surface area contributed by atoms with Crippen LogP contribution in [0.5, 0.6) is 0 Å². The molecule has 0 bridgehead atoms. The lowest BCUT2D eigenvalue weighted by Crippen LogP contribution is -1.94. The van der Waals surface area contributed by atoms with E-state index in [9.17, 15) is 8.78 Å². The van der Waals surface area contributed by atoms with Gasteiger partial charge in [-0.05, 0) is 35.2 Å². The van der Waals surface area contributed by atoms with E-state index in [4.69, 9.17) is 5.11 Å². The third-order valence-corrected chi connectivity index (χ3v) is 2.57. The zero-order valence-electron chi connectivity index (χ0n) is 9.16. The molecule has 0 radical (unpaired) electrons. The number of hydrogen-bond acceptors (Lipinski definition) is 1. The van der Waals surface area contributed by atoms with E-state index in [0.717, 1.165) is 17.2 Å². The van der Waals surface area contributed by atoms with E-state index < -0.39 is 11.6 Å². The number of hydrogen-bond donors (Lipinski definition) is 1. The van der Waals surface area contributed by atoms with Gasteiger partial charge < -0.3 is 5.11 Å². The summed E-state index contributed by atoms with van der Waals surface area (Å²) < 4.78 is 26.3. The Morgan fingerprint density at radius 3 is 2.24 bits per heavy atom. The summed E-state index contributed by atoms with van der Waals surface area (Å²) in [7, 11) is 0. The molecule has 0 fully saturated rings. The van der Waals surface area contributed by atoms with Crippen LogP contribution in [-0.2, 0) is 6.42 Å². The maximum atomic E-state index is 13.1. The highest BCUT2D eigenvalue weighted by molar-refractivity contribution is 5.67. The standard InChI is InChI=1S/C14H12F2O/c15-12-7-11(8-13(16)9-12)14-4-2-1-3-10(14)5-6-17/h1-4,7-9,17H,5-6H2. The van der Waals surface area contributed by atoms with Crippen molar-refractivity contribution >= 4 is 0 Å². The SMILES string of the molecule is OCCc1ccccc1-c1cc(F)cc(F)c1. The molecule has 1 N–H and O–H groups in total. The van der Waals surface area contributed by atoms with Gasteiger partial charge in [0.2, 0.25) is 0 Å². The Morgan fingerprint density at radius 1 is 0.941 bits per heavy atom. The molecule has 0 spiro atoms. The normalized spacial score (nSPS) is 10.5. The number of rotatable bonds is 3. The van der Waals surface area contributed by atoms with Crippen LogP contribution in [0, 0.1) is 11.6 Å². The van der Waals surface area contributed by atoms with Gasteiger partial charge >= 0.3 is 0 Å². The monoisotopic (exact) mass is 234 g/mol. The second-order valence-corrected chi connectivity index (χ2v) is 3.79. The van der Waals surface area contributed by atoms with Gasteiger partial charge in [-0.1, -0.05) is 24.3 Å². The van der Waals surface area contributed by atoms with Crippen LogP contribution in [0.4, 0.5) is 8.78 Å². The molecule has 0 saturated heterocycles. The molecule has 0 amide bonds. The summed E-state index contributed by atoms with van der Waals surface area (Å²) in [5.41, 5.74) is 2.12. The molecule has 3 heteroatoms. The summed E-state index contributed by atoms with van der Waals surface area (Å²) in [5, 5.41) is 8.95. The van der Waals surface area contributed by atoms with E-state index in [2.05, 4.69) is 0 Å². The molecule has 0 saturated carbocycles. The van der Waals surface area contributed by atoms with E-state index in [1.165, 1.54) is 12.1 Å². The highest BCUT2D eigenvalue weighted by Gasteiger charge is 2.07. The van der Waals surface area contributed by atoms with Crippen LogP contribution in [0.2, 0.25) is 0 Å². The number of aliphatic hydroxyl groups excluding tert-OH is 1. The lowest BCUT2D eigenvalue weighted by molar-refractivity contribution is 0.300. The van der Waals surface area contributed by atoms with Crippen molar-refractivity contribution in [3.63, 3.8) is 0 Å². The maximum Gasteiger partial charge on any atom is 0.126 e. The van der Waals surface area contributed by atoms with Crippen molar-refractivity contribution in [3.8, 4) is 11.1 Å². The van der Waals surface area contributed by atoms with Gasteiger partial charge in [-0.15, -0.1) is 0 Å². The predicted octanol–water partition coefficient (Wildman–Crippen LogP) is 3.17. The van der Waals surface area contributed by atoms with Gasteiger partial charge in [0.15, 0.2) is 0 Å². The number of benzene rings is 2. The fourth-order valence-electron chi connectivity index (χ4n) is 1.85. The van der Waals surface area contributed by atoms with Gasteiger partial charge in [0.25, 0.3) is 0 Å². The number of aliphatic hydroxyl groups is 1. The lowest BCUT2D eigenvalue weighted by atomic mass is 9.98. The van der Waals surface area contributed by atoms with Gasteiger partial charge in [-0.3, -0.25) is 0 Å². The molecule has 1 nitrogen and oxygen atoms in total. The Morgan fingerprint density at radius 2 is 1.59 bits per heavy atom. The van der Waals surface area contributed by atoms with Gasteiger partial charge in [0, 0.05) is 12.7 Å². The number of halogens is 2. The summed E-state index contributed by atoms with van der Waals surface area (Å²) in [4.78, 5) is 0. The Hall–Kier alpha value is -1.74. The second kappa shape index (κ2) is 5.06. The minimum absolute atomic E-state index is 0.00874. The highest BCUT2D eigenvalue weighted by Crippen LogP contribution is 2.25. The van der Waals surface area contributed by atoms with Crippen LogP contribution >= 0.6 is 0 Å². The summed E-state index contributed by atoms with van der Waals surface area (Å²) >= 11 is 0. The van der Waals surface area contributed by atoms with E-state index in [0.29, 0.717) is 12.0 Å². The smallest absolute Gasteiger partial charge is 0.126 e. The topological polar surface area (TPSA) is 20.2 Å². The molecule has 2 aromatic carbocycles. The third kappa shape index (κ3) is 2.68. The first-order chi connectivity index (χ1) is 8.20. The predicted molar refractivity (Wildman–Crippen MR) is 62.6 cm³/mol. The van der Waals surface area contributed by atoms with Crippen LogP contribution in [0.1, 0.15) is 5.56 Å². The Kier molecular flexibility index (Phi) is 3.49. The molecule has 17 heavy (non-hydrogen) atoms. The third-order valence-electron chi connectivity index (χ3n) is 2.57. The summed E-state index contributed by atoms with van der Waals surface area (Å²) in [6.07, 6.45) is 0.467. The largest absolute Gasteiger partial charge is 0.396 e. The van der Waals surface area contributed by atoms with Crippen molar-refractivity contribution < 1.29 is 13.9 Å². The fourth-order valence-corrected chi connectivity index (χ4v) is 1.85. The molecule has 0 aliphatic rings. The molecule has 0 aliphatic carbocycles. The second-order valence-electron chi connectivity index (χ2n) is 3.79. The molecule has 2 aromatic rings. The van der Waals surface area contributed by atoms with E-state index in [-0.39, 0.29) is 6.61 Å². The average Bonchev–Trinajstić information content (AvgIpc) is 2.29. The average molecular weight is 234 g/mol. The van der Waals surface area contributed by atoms with Crippen molar-refractivity contribution in [2.24, 2.45) is 0 Å². The minimum Gasteiger partial charge on any atom is -0.396 e. The molecule has 2 rings (SSSR count). The van der Waals surface area contributed by atoms with Crippen molar-refractivity contribution in [2.45, 2.75) is 6.42 Å². The van der Waals surface area contributed by atoms with Gasteiger partial charge in [-0.2, -0.15) is 0 Å². The molecule has 0 unspecified atom stereocenters. The van der Waals surface area contributed by atoms with Gasteiger partial charge in [0.1, 0.15) is 11.6 Å². The Bertz CT molecular complexity index is 503. The summed E-state index contributed by atoms with van der Waals surface area (Å²) in [6, 6.07) is 10.7. The maximum absolute atomic E-state index is 13.1. The van der Waals surface area contributed by atoms with Crippen molar-refractivity contribution in [3.05, 3.63) is 59.7 Å². The molecule has 0 heterocycles. The Labute approximate surface area is 98.3 Å². The first-order valence-corrected chi connectivity index (χ1v) is 5.36. The highest BCUT2D eigenvalue weighted by atomic mass is 19.1. The van der Waals surface area contributed by atoms with E-state index >= 15 is 0 Å². The van der Waals surface area contributed by atoms with Crippen LogP contribution in [-0.4, -0.2) is 11.7 Å². The fraction of sp³-hybridized carbons (Fsp3) is 0.143. The van der Waals surface area contributed by atoms with E-state index in [1.54, 1.807) is 12.1 Å². The summed E-state index contributed by atoms with van der Waals surface area (Å²) in [5.74, 6) is -1.20. The van der Waals surface area contributed by atoms with E-state index in [1.807, 2.05) is 12.1 Å². The first-order valence-electron chi connectivity index (χ1n) is 5.36. The molecule has 88 valence electrons. The molecule has 0 aliphatic heterocycles. The lowest BCUT2D eigenvalue weighted by Gasteiger charge is -2.08. The van der Waals surface area contributed by atoms with Crippen molar-refractivity contribution in [1.29, 1.82) is 0 Å². The molecule has 0 atom stereocenters. The van der Waals surface area contributed by atoms with Crippen LogP contribution in [0.15, 0.2) is 42.5 Å².